The Morgan fingerprint density at radius 1 is 0.833 bits per heavy atom. The number of carboxylic acid groups (broad SMARTS) is 1. The first-order valence-electron chi connectivity index (χ1n) is 19.3. The maximum absolute atomic E-state index is 14.0. The van der Waals surface area contributed by atoms with E-state index < -0.39 is 59.0 Å². The Balaban J connectivity index is 3.22. The van der Waals surface area contributed by atoms with Gasteiger partial charge >= 0.3 is 17.9 Å². The lowest BCUT2D eigenvalue weighted by Crippen LogP contribution is -2.57. The molecule has 0 spiro atoms. The van der Waals surface area contributed by atoms with Crippen LogP contribution in [0.15, 0.2) is 36.4 Å². The van der Waals surface area contributed by atoms with Gasteiger partial charge in [0.05, 0.1) is 12.3 Å². The zero-order chi connectivity index (χ0) is 40.8. The summed E-state index contributed by atoms with van der Waals surface area (Å²) in [6, 6.07) is 5.20. The van der Waals surface area contributed by atoms with Crippen LogP contribution in [0.25, 0.3) is 0 Å². The number of nitrogens with one attached hydrogen (secondary N) is 1. The normalized spacial score (nSPS) is 13.9. The second-order valence-corrected chi connectivity index (χ2v) is 15.7. The Morgan fingerprint density at radius 2 is 1.41 bits per heavy atom. The quantitative estimate of drug-likeness (QED) is 0.0395. The molecule has 0 saturated heterocycles. The summed E-state index contributed by atoms with van der Waals surface area (Å²) in [6.07, 6.45) is 12.3. The van der Waals surface area contributed by atoms with Crippen LogP contribution in [0.3, 0.4) is 0 Å². The van der Waals surface area contributed by atoms with Crippen LogP contribution in [-0.4, -0.2) is 69.3 Å². The monoisotopic (exact) mass is 755 g/mol. The Hall–Kier alpha value is -4.17. The number of carbonyl (C=O) groups excluding carboxylic acids is 4. The molecule has 3 N–H and O–H groups in total. The lowest BCUT2D eigenvalue weighted by atomic mass is 9.82. The predicted octanol–water partition coefficient (Wildman–Crippen LogP) is 7.45. The molecular formula is C43H65NO10. The minimum atomic E-state index is -2.74. The van der Waals surface area contributed by atoms with E-state index >= 15 is 0 Å². The number of benzene rings is 1. The number of esters is 2. The fraction of sp³-hybridized carbons (Fsp3) is 0.651. The van der Waals surface area contributed by atoms with Gasteiger partial charge in [-0.3, -0.25) is 14.4 Å². The molecule has 0 fully saturated rings. The maximum Gasteiger partial charge on any atom is 0.340 e. The average molecular weight is 756 g/mol. The largest absolute Gasteiger partial charge is 0.481 e. The van der Waals surface area contributed by atoms with Crippen molar-refractivity contribution in [3.05, 3.63) is 42.0 Å². The van der Waals surface area contributed by atoms with Crippen LogP contribution in [0.2, 0.25) is 0 Å². The number of amides is 1. The minimum Gasteiger partial charge on any atom is -0.481 e. The summed E-state index contributed by atoms with van der Waals surface area (Å²) in [6.45, 7) is 13.7. The van der Waals surface area contributed by atoms with Crippen LogP contribution in [0, 0.1) is 17.8 Å². The maximum atomic E-state index is 14.0. The van der Waals surface area contributed by atoms with E-state index in [1.807, 2.05) is 0 Å². The third-order valence-electron chi connectivity index (χ3n) is 8.31. The zero-order valence-corrected chi connectivity index (χ0v) is 33.9. The lowest BCUT2D eigenvalue weighted by Gasteiger charge is -2.35. The van der Waals surface area contributed by atoms with Crippen LogP contribution in [-0.2, 0) is 39.9 Å². The number of hydrogen-bond acceptors (Lipinski definition) is 9. The van der Waals surface area contributed by atoms with E-state index in [2.05, 4.69) is 24.1 Å². The second-order valence-electron chi connectivity index (χ2n) is 15.7. The van der Waals surface area contributed by atoms with Crippen molar-refractivity contribution in [3.8, 4) is 17.6 Å². The molecule has 0 aliphatic rings. The summed E-state index contributed by atoms with van der Waals surface area (Å²) in [5.41, 5.74) is -4.22. The Bertz CT molecular complexity index is 1420. The first-order chi connectivity index (χ1) is 25.3. The number of carbonyl (C=O) groups is 5. The summed E-state index contributed by atoms with van der Waals surface area (Å²) >= 11 is 0. The van der Waals surface area contributed by atoms with E-state index in [0.717, 1.165) is 38.5 Å². The SMILES string of the molecule is CC#CCOc1ccc(C[C@H](NC(=O)[C@@H](C=CCCCCCCC(=O)CCCCCCC)[C@@](O)(CC(=O)OC(C)(C)C)C(=O)OC(C)(C)C)C(=O)O)cc1. The number of ketones is 1. The van der Waals surface area contributed by atoms with Gasteiger partial charge < -0.3 is 29.7 Å². The van der Waals surface area contributed by atoms with E-state index in [1.54, 1.807) is 78.8 Å². The molecule has 11 heteroatoms. The molecule has 0 unspecified atom stereocenters. The van der Waals surface area contributed by atoms with Gasteiger partial charge in [0.25, 0.3) is 0 Å². The Labute approximate surface area is 323 Å². The average Bonchev–Trinajstić information content (AvgIpc) is 3.06. The molecule has 302 valence electrons. The lowest BCUT2D eigenvalue weighted by molar-refractivity contribution is -0.190. The molecule has 11 nitrogen and oxygen atoms in total. The molecule has 0 aromatic heterocycles. The van der Waals surface area contributed by atoms with Gasteiger partial charge in [-0.25, -0.2) is 9.59 Å². The van der Waals surface area contributed by atoms with Gasteiger partial charge in [-0.2, -0.15) is 0 Å². The van der Waals surface area contributed by atoms with E-state index in [4.69, 9.17) is 14.2 Å². The number of Topliss-reactive ketones (excluding diaryl/α,β-unsaturated/α-hetero) is 1. The van der Waals surface area contributed by atoms with E-state index in [9.17, 15) is 34.2 Å². The summed E-state index contributed by atoms with van der Waals surface area (Å²) in [5, 5.41) is 24.6. The van der Waals surface area contributed by atoms with Crippen LogP contribution < -0.4 is 10.1 Å². The molecule has 1 aromatic carbocycles. The zero-order valence-electron chi connectivity index (χ0n) is 33.9. The number of carboxylic acids is 1. The van der Waals surface area contributed by atoms with Crippen molar-refractivity contribution in [1.29, 1.82) is 0 Å². The number of allylic oxidation sites excluding steroid dienone is 1. The number of hydrogen-bond donors (Lipinski definition) is 3. The summed E-state index contributed by atoms with van der Waals surface area (Å²) in [4.78, 5) is 65.4. The molecule has 0 saturated carbocycles. The topological polar surface area (TPSA) is 166 Å². The molecule has 0 radical (unpaired) electrons. The number of aliphatic carboxylic acids is 1. The molecule has 0 aliphatic heterocycles. The fourth-order valence-corrected chi connectivity index (χ4v) is 5.57. The van der Waals surface area contributed by atoms with E-state index in [0.29, 0.717) is 37.0 Å². The molecule has 1 amide bonds. The highest BCUT2D eigenvalue weighted by Gasteiger charge is 2.51. The van der Waals surface area contributed by atoms with Gasteiger partial charge in [0.2, 0.25) is 5.91 Å². The standard InChI is InChI=1S/C43H65NO10/c1-9-11-13-16-19-22-33(45)23-20-17-14-15-18-21-24-35(43(51,40(50)54-42(6,7)8)31-37(46)53-41(3,4)5)38(47)44-36(39(48)49)30-32-25-27-34(28-26-32)52-29-12-10-2/h21,24-28,35-36,51H,9,11,13-20,22-23,29-31H2,1-8H3,(H,44,47)(H,48,49)/t35-,36+,43+/m1/s1. The van der Waals surface area contributed by atoms with Crippen LogP contribution in [0.5, 0.6) is 5.75 Å². The first kappa shape index (κ1) is 47.9. The van der Waals surface area contributed by atoms with Crippen molar-refractivity contribution in [2.24, 2.45) is 5.92 Å². The molecule has 0 heterocycles. The predicted molar refractivity (Wildman–Crippen MR) is 209 cm³/mol. The molecule has 0 bridgehead atoms. The third-order valence-corrected chi connectivity index (χ3v) is 8.31. The highest BCUT2D eigenvalue weighted by atomic mass is 16.6. The van der Waals surface area contributed by atoms with E-state index in [1.165, 1.54) is 18.9 Å². The van der Waals surface area contributed by atoms with E-state index in [-0.39, 0.29) is 18.8 Å². The van der Waals surface area contributed by atoms with Gasteiger partial charge in [0.1, 0.15) is 35.4 Å². The van der Waals surface area contributed by atoms with Crippen molar-refractivity contribution in [3.63, 3.8) is 0 Å². The van der Waals surface area contributed by atoms with Gasteiger partial charge in [0.15, 0.2) is 5.60 Å². The van der Waals surface area contributed by atoms with Crippen molar-refractivity contribution in [1.82, 2.24) is 5.32 Å². The Morgan fingerprint density at radius 3 is 1.94 bits per heavy atom. The first-order valence-corrected chi connectivity index (χ1v) is 19.3. The van der Waals surface area contributed by atoms with Gasteiger partial charge in [-0.1, -0.05) is 75.7 Å². The molecule has 3 atom stereocenters. The van der Waals surface area contributed by atoms with Crippen molar-refractivity contribution in [2.75, 3.05) is 6.61 Å². The number of rotatable bonds is 25. The summed E-state index contributed by atoms with van der Waals surface area (Å²) < 4.78 is 16.5. The minimum absolute atomic E-state index is 0.120. The second kappa shape index (κ2) is 24.3. The fourth-order valence-electron chi connectivity index (χ4n) is 5.57. The van der Waals surface area contributed by atoms with Crippen LogP contribution in [0.4, 0.5) is 0 Å². The summed E-state index contributed by atoms with van der Waals surface area (Å²) in [5.74, 6) is 0.138. The van der Waals surface area contributed by atoms with Crippen LogP contribution in [0.1, 0.15) is 144 Å². The van der Waals surface area contributed by atoms with Gasteiger partial charge in [-0.05, 0) is 91.8 Å². The number of unbranched alkanes of at least 4 members (excludes halogenated alkanes) is 8. The van der Waals surface area contributed by atoms with Crippen LogP contribution >= 0.6 is 0 Å². The Kier molecular flexibility index (Phi) is 21.5. The van der Waals surface area contributed by atoms with Gasteiger partial charge in [-0.15, -0.1) is 5.92 Å². The molecule has 0 aliphatic carbocycles. The molecule has 54 heavy (non-hydrogen) atoms. The van der Waals surface area contributed by atoms with Crippen molar-refractivity contribution >= 4 is 29.6 Å². The third kappa shape index (κ3) is 20.3. The summed E-state index contributed by atoms with van der Waals surface area (Å²) in [7, 11) is 0. The van der Waals surface area contributed by atoms with Gasteiger partial charge in [0, 0.05) is 19.3 Å². The number of ether oxygens (including phenoxy) is 3. The molecule has 1 rings (SSSR count). The van der Waals surface area contributed by atoms with Crippen molar-refractivity contribution in [2.45, 2.75) is 168 Å². The highest BCUT2D eigenvalue weighted by molar-refractivity contribution is 5.95. The highest BCUT2D eigenvalue weighted by Crippen LogP contribution is 2.30. The number of aliphatic hydroxyl groups is 1. The molecular weight excluding hydrogens is 690 g/mol. The van der Waals surface area contributed by atoms with Crippen molar-refractivity contribution < 1.29 is 48.4 Å². The smallest absolute Gasteiger partial charge is 0.340 e. The molecule has 1 aromatic rings.